The van der Waals surface area contributed by atoms with E-state index in [1.54, 1.807) is 4.90 Å². The molecule has 0 aromatic carbocycles. The molecule has 0 aromatic heterocycles. The van der Waals surface area contributed by atoms with Gasteiger partial charge >= 0.3 is 6.09 Å². The van der Waals surface area contributed by atoms with E-state index in [0.29, 0.717) is 6.54 Å². The SMILES string of the molecule is C/C(CO)=C1/CCCN(C(=O)OC(C)(C)C)C1. The fraction of sp³-hybridized carbons (Fsp3) is 0.769. The van der Waals surface area contributed by atoms with Gasteiger partial charge in [-0.3, -0.25) is 0 Å². The van der Waals surface area contributed by atoms with Gasteiger partial charge < -0.3 is 14.7 Å². The first-order valence-corrected chi connectivity index (χ1v) is 6.10. The molecule has 4 nitrogen and oxygen atoms in total. The lowest BCUT2D eigenvalue weighted by molar-refractivity contribution is 0.0245. The minimum Gasteiger partial charge on any atom is -0.444 e. The van der Waals surface area contributed by atoms with E-state index < -0.39 is 5.60 Å². The monoisotopic (exact) mass is 241 g/mol. The van der Waals surface area contributed by atoms with Gasteiger partial charge in [0, 0.05) is 13.1 Å². The quantitative estimate of drug-likeness (QED) is 0.717. The largest absolute Gasteiger partial charge is 0.444 e. The number of carbonyl (C=O) groups excluding carboxylic acids is 1. The third kappa shape index (κ3) is 4.38. The summed E-state index contributed by atoms with van der Waals surface area (Å²) in [5, 5.41) is 9.11. The summed E-state index contributed by atoms with van der Waals surface area (Å²) >= 11 is 0. The number of likely N-dealkylation sites (tertiary alicyclic amines) is 1. The van der Waals surface area contributed by atoms with Crippen molar-refractivity contribution in [2.75, 3.05) is 19.7 Å². The summed E-state index contributed by atoms with van der Waals surface area (Å²) < 4.78 is 5.34. The second kappa shape index (κ2) is 5.54. The Kier molecular flexibility index (Phi) is 4.57. The Bertz CT molecular complexity index is 315. The van der Waals surface area contributed by atoms with E-state index in [1.807, 2.05) is 27.7 Å². The van der Waals surface area contributed by atoms with Gasteiger partial charge in [-0.2, -0.15) is 0 Å². The first kappa shape index (κ1) is 14.0. The van der Waals surface area contributed by atoms with E-state index in [-0.39, 0.29) is 12.7 Å². The first-order chi connectivity index (χ1) is 7.83. The van der Waals surface area contributed by atoms with Crippen LogP contribution in [0.5, 0.6) is 0 Å². The molecule has 17 heavy (non-hydrogen) atoms. The van der Waals surface area contributed by atoms with Crippen molar-refractivity contribution in [2.45, 2.75) is 46.1 Å². The molecule has 1 aliphatic heterocycles. The van der Waals surface area contributed by atoms with Crippen LogP contribution in [0.4, 0.5) is 4.79 Å². The number of hydrogen-bond donors (Lipinski definition) is 1. The van der Waals surface area contributed by atoms with Crippen LogP contribution in [-0.4, -0.2) is 41.4 Å². The molecule has 98 valence electrons. The van der Waals surface area contributed by atoms with Crippen molar-refractivity contribution < 1.29 is 14.6 Å². The van der Waals surface area contributed by atoms with Crippen molar-refractivity contribution in [3.8, 4) is 0 Å². The molecule has 0 aliphatic carbocycles. The number of ether oxygens (including phenoxy) is 1. The number of aliphatic hydroxyl groups excluding tert-OH is 1. The summed E-state index contributed by atoms with van der Waals surface area (Å²) in [6.07, 6.45) is 1.64. The highest BCUT2D eigenvalue weighted by atomic mass is 16.6. The van der Waals surface area contributed by atoms with Crippen LogP contribution in [0.25, 0.3) is 0 Å². The Morgan fingerprint density at radius 3 is 2.65 bits per heavy atom. The van der Waals surface area contributed by atoms with E-state index in [1.165, 1.54) is 0 Å². The van der Waals surface area contributed by atoms with Gasteiger partial charge in [0.2, 0.25) is 0 Å². The van der Waals surface area contributed by atoms with E-state index in [4.69, 9.17) is 9.84 Å². The molecule has 0 saturated carbocycles. The fourth-order valence-electron chi connectivity index (χ4n) is 1.81. The van der Waals surface area contributed by atoms with Crippen LogP contribution in [0.15, 0.2) is 11.1 Å². The van der Waals surface area contributed by atoms with Crippen molar-refractivity contribution in [1.29, 1.82) is 0 Å². The van der Waals surface area contributed by atoms with Crippen LogP contribution < -0.4 is 0 Å². The van der Waals surface area contributed by atoms with Crippen LogP contribution in [0.2, 0.25) is 0 Å². The maximum Gasteiger partial charge on any atom is 0.410 e. The Hall–Kier alpha value is -1.03. The molecule has 1 N–H and O–H groups in total. The number of amides is 1. The van der Waals surface area contributed by atoms with Gasteiger partial charge in [-0.25, -0.2) is 4.79 Å². The van der Waals surface area contributed by atoms with Gasteiger partial charge in [-0.05, 0) is 51.7 Å². The molecule has 0 radical (unpaired) electrons. The first-order valence-electron chi connectivity index (χ1n) is 6.10. The van der Waals surface area contributed by atoms with E-state index >= 15 is 0 Å². The second-order valence-electron chi connectivity index (χ2n) is 5.55. The zero-order chi connectivity index (χ0) is 13.1. The maximum atomic E-state index is 11.9. The molecular weight excluding hydrogens is 218 g/mol. The predicted molar refractivity (Wildman–Crippen MR) is 66.8 cm³/mol. The zero-order valence-electron chi connectivity index (χ0n) is 11.2. The lowest BCUT2D eigenvalue weighted by Crippen LogP contribution is -2.40. The van der Waals surface area contributed by atoms with E-state index in [0.717, 1.165) is 30.5 Å². The molecule has 1 heterocycles. The van der Waals surface area contributed by atoms with Crippen molar-refractivity contribution in [1.82, 2.24) is 4.90 Å². The summed E-state index contributed by atoms with van der Waals surface area (Å²) in [7, 11) is 0. The van der Waals surface area contributed by atoms with E-state index in [9.17, 15) is 4.79 Å². The Labute approximate surface area is 103 Å². The van der Waals surface area contributed by atoms with Crippen LogP contribution in [-0.2, 0) is 4.74 Å². The highest BCUT2D eigenvalue weighted by Gasteiger charge is 2.25. The molecule has 0 atom stereocenters. The van der Waals surface area contributed by atoms with Crippen LogP contribution in [0.1, 0.15) is 40.5 Å². The van der Waals surface area contributed by atoms with Crippen LogP contribution in [0.3, 0.4) is 0 Å². The van der Waals surface area contributed by atoms with Gasteiger partial charge in [-0.1, -0.05) is 0 Å². The van der Waals surface area contributed by atoms with Crippen molar-refractivity contribution in [3.63, 3.8) is 0 Å². The summed E-state index contributed by atoms with van der Waals surface area (Å²) in [4.78, 5) is 13.6. The molecule has 1 saturated heterocycles. The minimum absolute atomic E-state index is 0.0670. The molecule has 1 amide bonds. The van der Waals surface area contributed by atoms with Crippen molar-refractivity contribution >= 4 is 6.09 Å². The van der Waals surface area contributed by atoms with Gasteiger partial charge in [0.05, 0.1) is 6.61 Å². The average Bonchev–Trinajstić information content (AvgIpc) is 2.26. The summed E-state index contributed by atoms with van der Waals surface area (Å²) in [6, 6.07) is 0. The molecule has 1 rings (SSSR count). The lowest BCUT2D eigenvalue weighted by Gasteiger charge is -2.31. The van der Waals surface area contributed by atoms with Gasteiger partial charge in [-0.15, -0.1) is 0 Å². The zero-order valence-corrected chi connectivity index (χ0v) is 11.2. The highest BCUT2D eigenvalue weighted by molar-refractivity contribution is 5.68. The normalized spacial score (nSPS) is 20.2. The Balaban J connectivity index is 2.64. The third-order valence-corrected chi connectivity index (χ3v) is 2.78. The Morgan fingerprint density at radius 1 is 1.47 bits per heavy atom. The average molecular weight is 241 g/mol. The smallest absolute Gasteiger partial charge is 0.410 e. The van der Waals surface area contributed by atoms with Crippen molar-refractivity contribution in [2.24, 2.45) is 0 Å². The molecule has 0 bridgehead atoms. The second-order valence-corrected chi connectivity index (χ2v) is 5.55. The van der Waals surface area contributed by atoms with Gasteiger partial charge in [0.25, 0.3) is 0 Å². The van der Waals surface area contributed by atoms with E-state index in [2.05, 4.69) is 0 Å². The van der Waals surface area contributed by atoms with Gasteiger partial charge in [0.15, 0.2) is 0 Å². The molecular formula is C13H23NO3. The number of piperidine rings is 1. The summed E-state index contributed by atoms with van der Waals surface area (Å²) in [5.41, 5.74) is 1.67. The lowest BCUT2D eigenvalue weighted by atomic mass is 10.0. The Morgan fingerprint density at radius 2 is 2.12 bits per heavy atom. The number of aliphatic hydroxyl groups is 1. The van der Waals surface area contributed by atoms with Crippen LogP contribution >= 0.6 is 0 Å². The standard InChI is InChI=1S/C13H23NO3/c1-10(9-15)11-6-5-7-14(8-11)12(16)17-13(2,3)4/h15H,5-9H2,1-4H3/b11-10+. The minimum atomic E-state index is -0.454. The topological polar surface area (TPSA) is 49.8 Å². The number of rotatable bonds is 1. The summed E-state index contributed by atoms with van der Waals surface area (Å²) in [5.74, 6) is 0. The molecule has 1 fully saturated rings. The molecule has 4 heteroatoms. The summed E-state index contributed by atoms with van der Waals surface area (Å²) in [6.45, 7) is 8.89. The maximum absolute atomic E-state index is 11.9. The molecule has 0 unspecified atom stereocenters. The number of nitrogens with zero attached hydrogens (tertiary/aromatic N) is 1. The fourth-order valence-corrected chi connectivity index (χ4v) is 1.81. The number of hydrogen-bond acceptors (Lipinski definition) is 3. The predicted octanol–water partition coefficient (Wildman–Crippen LogP) is 2.33. The van der Waals surface area contributed by atoms with Crippen LogP contribution in [0, 0.1) is 0 Å². The van der Waals surface area contributed by atoms with Crippen molar-refractivity contribution in [3.05, 3.63) is 11.1 Å². The highest BCUT2D eigenvalue weighted by Crippen LogP contribution is 2.21. The van der Waals surface area contributed by atoms with Gasteiger partial charge in [0.1, 0.15) is 5.60 Å². The molecule has 0 aromatic rings. The number of carbonyl (C=O) groups is 1. The molecule has 1 aliphatic rings. The third-order valence-electron chi connectivity index (χ3n) is 2.78. The molecule has 0 spiro atoms.